The number of likely N-dealkylation sites (tertiary alicyclic amines) is 1. The van der Waals surface area contributed by atoms with Gasteiger partial charge in [-0.05, 0) is 51.8 Å². The number of hydrogen-bond acceptors (Lipinski definition) is 2. The van der Waals surface area contributed by atoms with Crippen molar-refractivity contribution in [3.63, 3.8) is 0 Å². The Bertz CT molecular complexity index is 791. The van der Waals surface area contributed by atoms with E-state index < -0.39 is 5.60 Å². The predicted octanol–water partition coefficient (Wildman–Crippen LogP) is 4.98. The summed E-state index contributed by atoms with van der Waals surface area (Å²) >= 11 is 3.62. The monoisotopic (exact) mass is 390 g/mol. The molecule has 1 aromatic carbocycles. The Kier molecular flexibility index (Phi) is 3.50. The molecule has 0 radical (unpaired) electrons. The summed E-state index contributed by atoms with van der Waals surface area (Å²) in [6.07, 6.45) is 4.30. The summed E-state index contributed by atoms with van der Waals surface area (Å²) in [5.41, 5.74) is 1.18. The third-order valence-electron chi connectivity index (χ3n) is 5.14. The van der Waals surface area contributed by atoms with Gasteiger partial charge in [-0.1, -0.05) is 22.0 Å². The number of ether oxygens (including phenoxy) is 1. The Morgan fingerprint density at radius 2 is 1.96 bits per heavy atom. The molecule has 1 aliphatic carbocycles. The molecule has 5 heteroatoms. The van der Waals surface area contributed by atoms with Gasteiger partial charge in [0.25, 0.3) is 0 Å². The van der Waals surface area contributed by atoms with Crippen molar-refractivity contribution in [2.75, 3.05) is 13.1 Å². The summed E-state index contributed by atoms with van der Waals surface area (Å²) in [7, 11) is 0. The predicted molar refractivity (Wildman–Crippen MR) is 98.1 cm³/mol. The molecule has 1 aliphatic heterocycles. The molecule has 2 aliphatic rings. The SMILES string of the molecule is CC(C)(C)OC(=O)N1CC2(CC(n3ccc4c(Br)cccc43)C2)C1. The topological polar surface area (TPSA) is 34.5 Å². The Hall–Kier alpha value is -1.49. The minimum Gasteiger partial charge on any atom is -0.444 e. The summed E-state index contributed by atoms with van der Waals surface area (Å²) in [6.45, 7) is 7.40. The van der Waals surface area contributed by atoms with Gasteiger partial charge >= 0.3 is 6.09 Å². The van der Waals surface area contributed by atoms with Crippen molar-refractivity contribution in [2.24, 2.45) is 5.41 Å². The maximum atomic E-state index is 12.1. The molecule has 0 atom stereocenters. The Morgan fingerprint density at radius 3 is 2.62 bits per heavy atom. The number of hydrogen-bond donors (Lipinski definition) is 0. The van der Waals surface area contributed by atoms with E-state index in [1.807, 2.05) is 25.7 Å². The van der Waals surface area contributed by atoms with E-state index in [1.165, 1.54) is 10.9 Å². The third-order valence-corrected chi connectivity index (χ3v) is 5.84. The first-order chi connectivity index (χ1) is 11.3. The quantitative estimate of drug-likeness (QED) is 0.688. The van der Waals surface area contributed by atoms with Crippen LogP contribution in [0.2, 0.25) is 0 Å². The molecular formula is C19H23BrN2O2. The maximum absolute atomic E-state index is 12.1. The fourth-order valence-corrected chi connectivity index (χ4v) is 4.57. The molecule has 0 bridgehead atoms. The first-order valence-electron chi connectivity index (χ1n) is 8.49. The van der Waals surface area contributed by atoms with Crippen LogP contribution in [-0.2, 0) is 4.74 Å². The highest BCUT2D eigenvalue weighted by Crippen LogP contribution is 2.55. The lowest BCUT2D eigenvalue weighted by Gasteiger charge is -2.59. The zero-order chi connectivity index (χ0) is 17.1. The number of amides is 1. The van der Waals surface area contributed by atoms with Crippen LogP contribution in [0.15, 0.2) is 34.9 Å². The van der Waals surface area contributed by atoms with Crippen LogP contribution in [0.25, 0.3) is 10.9 Å². The van der Waals surface area contributed by atoms with Gasteiger partial charge in [0.15, 0.2) is 0 Å². The molecule has 4 rings (SSSR count). The molecule has 24 heavy (non-hydrogen) atoms. The summed E-state index contributed by atoms with van der Waals surface area (Å²) in [5.74, 6) is 0. The van der Waals surface area contributed by atoms with Crippen LogP contribution < -0.4 is 0 Å². The summed E-state index contributed by atoms with van der Waals surface area (Å²) in [4.78, 5) is 13.9. The van der Waals surface area contributed by atoms with Gasteiger partial charge in [-0.2, -0.15) is 0 Å². The zero-order valence-corrected chi connectivity index (χ0v) is 16.0. The highest BCUT2D eigenvalue weighted by Gasteiger charge is 2.55. The van der Waals surface area contributed by atoms with E-state index in [-0.39, 0.29) is 6.09 Å². The van der Waals surface area contributed by atoms with Crippen LogP contribution in [0.4, 0.5) is 4.79 Å². The number of nitrogens with zero attached hydrogens (tertiary/aromatic N) is 2. The minimum atomic E-state index is -0.417. The molecular weight excluding hydrogens is 368 g/mol. The highest BCUT2D eigenvalue weighted by atomic mass is 79.9. The Balaban J connectivity index is 1.39. The smallest absolute Gasteiger partial charge is 0.410 e. The van der Waals surface area contributed by atoms with Crippen LogP contribution in [-0.4, -0.2) is 34.3 Å². The standard InChI is InChI=1S/C19H23BrN2O2/c1-18(2,3)24-17(23)21-11-19(12-21)9-13(10-19)22-8-7-14-15(20)5-4-6-16(14)22/h4-8,13H,9-12H2,1-3H3. The van der Waals surface area contributed by atoms with E-state index in [1.54, 1.807) is 0 Å². The van der Waals surface area contributed by atoms with Crippen molar-refractivity contribution in [3.05, 3.63) is 34.9 Å². The molecule has 1 saturated carbocycles. The van der Waals surface area contributed by atoms with Gasteiger partial charge in [0.2, 0.25) is 0 Å². The van der Waals surface area contributed by atoms with Crippen molar-refractivity contribution in [3.8, 4) is 0 Å². The van der Waals surface area contributed by atoms with Crippen molar-refractivity contribution < 1.29 is 9.53 Å². The molecule has 0 unspecified atom stereocenters. The Morgan fingerprint density at radius 1 is 1.25 bits per heavy atom. The minimum absolute atomic E-state index is 0.174. The number of rotatable bonds is 1. The second-order valence-electron chi connectivity index (χ2n) is 8.29. The molecule has 2 aromatic rings. The molecule has 2 fully saturated rings. The second-order valence-corrected chi connectivity index (χ2v) is 9.15. The third kappa shape index (κ3) is 2.63. The first-order valence-corrected chi connectivity index (χ1v) is 9.29. The number of carbonyl (C=O) groups excluding carboxylic acids is 1. The largest absolute Gasteiger partial charge is 0.444 e. The fraction of sp³-hybridized carbons (Fsp3) is 0.526. The number of halogens is 1. The molecule has 1 amide bonds. The number of benzene rings is 1. The van der Waals surface area contributed by atoms with Gasteiger partial charge in [0.1, 0.15) is 5.60 Å². The molecule has 2 heterocycles. The molecule has 1 spiro atoms. The van der Waals surface area contributed by atoms with Crippen molar-refractivity contribution in [2.45, 2.75) is 45.3 Å². The van der Waals surface area contributed by atoms with Gasteiger partial charge in [0.05, 0.1) is 0 Å². The van der Waals surface area contributed by atoms with E-state index in [2.05, 4.69) is 51.0 Å². The number of carbonyl (C=O) groups is 1. The highest BCUT2D eigenvalue weighted by molar-refractivity contribution is 9.10. The average Bonchev–Trinajstić information content (AvgIpc) is 2.79. The molecule has 1 saturated heterocycles. The number of aromatic nitrogens is 1. The number of fused-ring (bicyclic) bond motifs is 1. The second kappa shape index (κ2) is 5.25. The molecule has 128 valence electrons. The van der Waals surface area contributed by atoms with Crippen molar-refractivity contribution in [1.29, 1.82) is 0 Å². The average molecular weight is 391 g/mol. The van der Waals surface area contributed by atoms with Gasteiger partial charge in [-0.15, -0.1) is 0 Å². The van der Waals surface area contributed by atoms with Crippen LogP contribution in [0.3, 0.4) is 0 Å². The van der Waals surface area contributed by atoms with E-state index in [0.29, 0.717) is 11.5 Å². The van der Waals surface area contributed by atoms with E-state index in [4.69, 9.17) is 4.74 Å². The molecule has 0 N–H and O–H groups in total. The lowest BCUT2D eigenvalue weighted by atomic mass is 9.60. The van der Waals surface area contributed by atoms with E-state index in [9.17, 15) is 4.79 Å². The van der Waals surface area contributed by atoms with Crippen LogP contribution in [0.1, 0.15) is 39.7 Å². The van der Waals surface area contributed by atoms with E-state index in [0.717, 1.165) is 30.4 Å². The van der Waals surface area contributed by atoms with Gasteiger partial charge in [-0.3, -0.25) is 0 Å². The van der Waals surface area contributed by atoms with Gasteiger partial charge in [-0.25, -0.2) is 4.79 Å². The lowest BCUT2D eigenvalue weighted by Crippen LogP contribution is -2.64. The summed E-state index contributed by atoms with van der Waals surface area (Å²) < 4.78 is 8.99. The normalized spacial score (nSPS) is 20.1. The van der Waals surface area contributed by atoms with E-state index >= 15 is 0 Å². The van der Waals surface area contributed by atoms with Crippen LogP contribution in [0.5, 0.6) is 0 Å². The van der Waals surface area contributed by atoms with Crippen molar-refractivity contribution >= 4 is 32.9 Å². The molecule has 4 nitrogen and oxygen atoms in total. The summed E-state index contributed by atoms with van der Waals surface area (Å²) in [6, 6.07) is 9.07. The van der Waals surface area contributed by atoms with Crippen LogP contribution in [0, 0.1) is 5.41 Å². The van der Waals surface area contributed by atoms with Crippen molar-refractivity contribution in [1.82, 2.24) is 9.47 Å². The van der Waals surface area contributed by atoms with Gasteiger partial charge < -0.3 is 14.2 Å². The fourth-order valence-electron chi connectivity index (χ4n) is 4.08. The van der Waals surface area contributed by atoms with Gasteiger partial charge in [0, 0.05) is 46.1 Å². The summed E-state index contributed by atoms with van der Waals surface area (Å²) in [5, 5.41) is 1.27. The maximum Gasteiger partial charge on any atom is 0.410 e. The Labute approximate surface area is 150 Å². The molecule has 1 aromatic heterocycles. The van der Waals surface area contributed by atoms with Crippen LogP contribution >= 0.6 is 15.9 Å². The first kappa shape index (κ1) is 16.0. The lowest BCUT2D eigenvalue weighted by molar-refractivity contribution is -0.0899. The zero-order valence-electron chi connectivity index (χ0n) is 14.4.